The van der Waals surface area contributed by atoms with E-state index in [2.05, 4.69) is 23.9 Å². The van der Waals surface area contributed by atoms with Gasteiger partial charge in [0.25, 0.3) is 0 Å². The fourth-order valence-electron chi connectivity index (χ4n) is 3.10. The fraction of sp³-hybridized carbons (Fsp3) is 0.650. The Morgan fingerprint density at radius 1 is 1.19 bits per heavy atom. The zero-order chi connectivity index (χ0) is 20.2. The van der Waals surface area contributed by atoms with Gasteiger partial charge in [0.05, 0.1) is 4.90 Å². The zero-order valence-electron chi connectivity index (χ0n) is 17.1. The van der Waals surface area contributed by atoms with Gasteiger partial charge >= 0.3 is 6.03 Å². The van der Waals surface area contributed by atoms with Gasteiger partial charge < -0.3 is 10.2 Å². The Hall–Kier alpha value is -1.60. The number of urea groups is 1. The van der Waals surface area contributed by atoms with Gasteiger partial charge in [-0.05, 0) is 63.6 Å². The molecule has 0 saturated carbocycles. The fourth-order valence-corrected chi connectivity index (χ4v) is 4.40. The van der Waals surface area contributed by atoms with E-state index in [1.165, 1.54) is 0 Å². The highest BCUT2D eigenvalue weighted by Crippen LogP contribution is 2.21. The average Bonchev–Trinajstić information content (AvgIpc) is 2.60. The molecule has 2 N–H and O–H groups in total. The summed E-state index contributed by atoms with van der Waals surface area (Å²) in [6.45, 7) is 11.2. The number of nitrogens with zero attached hydrogens (tertiary/aromatic N) is 1. The van der Waals surface area contributed by atoms with Crippen molar-refractivity contribution in [2.45, 2.75) is 76.3 Å². The third-order valence-corrected chi connectivity index (χ3v) is 6.49. The van der Waals surface area contributed by atoms with Gasteiger partial charge in [0.2, 0.25) is 10.0 Å². The van der Waals surface area contributed by atoms with Gasteiger partial charge in [-0.3, -0.25) is 0 Å². The minimum absolute atomic E-state index is 0.0931. The second kappa shape index (κ2) is 8.61. The van der Waals surface area contributed by atoms with Crippen LogP contribution in [0.15, 0.2) is 29.2 Å². The molecule has 27 heavy (non-hydrogen) atoms. The molecule has 7 heteroatoms. The molecule has 1 saturated heterocycles. The molecule has 1 aromatic rings. The SMILES string of the molecule is CCC(C)c1ccc(S(=O)(=O)NC2CCN(C(=O)NC(C)(C)C)CC2)cc1. The number of rotatable bonds is 5. The number of sulfonamides is 1. The number of likely N-dealkylation sites (tertiary alicyclic amines) is 1. The molecule has 0 bridgehead atoms. The van der Waals surface area contributed by atoms with Crippen molar-refractivity contribution in [3.05, 3.63) is 29.8 Å². The highest BCUT2D eigenvalue weighted by Gasteiger charge is 2.28. The predicted octanol–water partition coefficient (Wildman–Crippen LogP) is 3.45. The van der Waals surface area contributed by atoms with Crippen LogP contribution >= 0.6 is 0 Å². The van der Waals surface area contributed by atoms with E-state index in [0.717, 1.165) is 12.0 Å². The molecule has 1 aromatic carbocycles. The summed E-state index contributed by atoms with van der Waals surface area (Å²) in [4.78, 5) is 14.3. The van der Waals surface area contributed by atoms with Crippen LogP contribution in [0.3, 0.4) is 0 Å². The minimum Gasteiger partial charge on any atom is -0.333 e. The maximum absolute atomic E-state index is 12.7. The maximum atomic E-state index is 12.7. The average molecular weight is 396 g/mol. The van der Waals surface area contributed by atoms with E-state index < -0.39 is 10.0 Å². The van der Waals surface area contributed by atoms with Gasteiger partial charge in [-0.1, -0.05) is 26.0 Å². The molecule has 1 fully saturated rings. The van der Waals surface area contributed by atoms with E-state index in [1.807, 2.05) is 32.9 Å². The van der Waals surface area contributed by atoms with E-state index in [-0.39, 0.29) is 17.6 Å². The highest BCUT2D eigenvalue weighted by atomic mass is 32.2. The monoisotopic (exact) mass is 395 g/mol. The van der Waals surface area contributed by atoms with E-state index in [4.69, 9.17) is 0 Å². The maximum Gasteiger partial charge on any atom is 0.317 e. The third kappa shape index (κ3) is 6.21. The minimum atomic E-state index is -3.54. The summed E-state index contributed by atoms with van der Waals surface area (Å²) in [7, 11) is -3.54. The quantitative estimate of drug-likeness (QED) is 0.801. The zero-order valence-corrected chi connectivity index (χ0v) is 17.9. The summed E-state index contributed by atoms with van der Waals surface area (Å²) < 4.78 is 28.1. The van der Waals surface area contributed by atoms with Crippen molar-refractivity contribution in [2.24, 2.45) is 0 Å². The molecular weight excluding hydrogens is 362 g/mol. The van der Waals surface area contributed by atoms with Crippen LogP contribution in [0.4, 0.5) is 4.79 Å². The van der Waals surface area contributed by atoms with Crippen molar-refractivity contribution in [3.63, 3.8) is 0 Å². The Balaban J connectivity index is 1.93. The summed E-state index contributed by atoms with van der Waals surface area (Å²) in [6, 6.07) is 6.89. The Morgan fingerprint density at radius 2 is 1.74 bits per heavy atom. The lowest BCUT2D eigenvalue weighted by Crippen LogP contribution is -2.53. The van der Waals surface area contributed by atoms with Gasteiger partial charge in [-0.15, -0.1) is 0 Å². The lowest BCUT2D eigenvalue weighted by atomic mass is 9.99. The molecule has 0 radical (unpaired) electrons. The lowest BCUT2D eigenvalue weighted by Gasteiger charge is -2.34. The Bertz CT molecular complexity index is 731. The van der Waals surface area contributed by atoms with E-state index in [9.17, 15) is 13.2 Å². The lowest BCUT2D eigenvalue weighted by molar-refractivity contribution is 0.172. The number of amides is 2. The van der Waals surface area contributed by atoms with Crippen LogP contribution in [0.25, 0.3) is 0 Å². The highest BCUT2D eigenvalue weighted by molar-refractivity contribution is 7.89. The van der Waals surface area contributed by atoms with Crippen LogP contribution in [-0.4, -0.2) is 44.0 Å². The number of benzene rings is 1. The van der Waals surface area contributed by atoms with Crippen LogP contribution in [0.5, 0.6) is 0 Å². The smallest absolute Gasteiger partial charge is 0.317 e. The van der Waals surface area contributed by atoms with Crippen molar-refractivity contribution in [1.82, 2.24) is 14.9 Å². The molecular formula is C20H33N3O3S. The molecule has 1 aliphatic rings. The topological polar surface area (TPSA) is 78.5 Å². The van der Waals surface area contributed by atoms with Crippen molar-refractivity contribution in [2.75, 3.05) is 13.1 Å². The van der Waals surface area contributed by atoms with Gasteiger partial charge in [-0.2, -0.15) is 0 Å². The van der Waals surface area contributed by atoms with Crippen LogP contribution in [0.2, 0.25) is 0 Å². The first-order valence-electron chi connectivity index (χ1n) is 9.71. The van der Waals surface area contributed by atoms with Crippen molar-refractivity contribution in [1.29, 1.82) is 0 Å². The Morgan fingerprint density at radius 3 is 2.22 bits per heavy atom. The summed E-state index contributed by atoms with van der Waals surface area (Å²) >= 11 is 0. The Labute approximate surface area is 163 Å². The largest absolute Gasteiger partial charge is 0.333 e. The summed E-state index contributed by atoms with van der Waals surface area (Å²) in [5, 5.41) is 2.95. The first kappa shape index (κ1) is 21.7. The molecule has 6 nitrogen and oxygen atoms in total. The number of carbonyl (C=O) groups excluding carboxylic acids is 1. The summed E-state index contributed by atoms with van der Waals surface area (Å²) in [5.41, 5.74) is 0.867. The standard InChI is InChI=1S/C20H33N3O3S/c1-6-15(2)16-7-9-18(10-8-16)27(25,26)22-17-11-13-23(14-12-17)19(24)21-20(3,4)5/h7-10,15,17,22H,6,11-14H2,1-5H3,(H,21,24). The summed E-state index contributed by atoms with van der Waals surface area (Å²) in [6.07, 6.45) is 2.25. The Kier molecular flexibility index (Phi) is 6.92. The molecule has 1 unspecified atom stereocenters. The van der Waals surface area contributed by atoms with Gasteiger partial charge in [-0.25, -0.2) is 17.9 Å². The number of hydrogen-bond donors (Lipinski definition) is 2. The molecule has 1 atom stereocenters. The van der Waals surface area contributed by atoms with Crippen molar-refractivity contribution in [3.8, 4) is 0 Å². The number of nitrogens with one attached hydrogen (secondary N) is 2. The molecule has 0 aliphatic carbocycles. The molecule has 1 aliphatic heterocycles. The molecule has 0 aromatic heterocycles. The molecule has 2 amide bonds. The van der Waals surface area contributed by atoms with E-state index in [0.29, 0.717) is 36.7 Å². The second-order valence-corrected chi connectivity index (χ2v) is 10.2. The van der Waals surface area contributed by atoms with Crippen LogP contribution < -0.4 is 10.0 Å². The second-order valence-electron chi connectivity index (χ2n) is 8.44. The number of hydrogen-bond acceptors (Lipinski definition) is 3. The van der Waals surface area contributed by atoms with Crippen LogP contribution in [-0.2, 0) is 10.0 Å². The van der Waals surface area contributed by atoms with E-state index >= 15 is 0 Å². The third-order valence-electron chi connectivity index (χ3n) is 4.96. The van der Waals surface area contributed by atoms with Gasteiger partial charge in [0.15, 0.2) is 0 Å². The normalized spacial score (nSPS) is 17.6. The predicted molar refractivity (Wildman–Crippen MR) is 108 cm³/mol. The van der Waals surface area contributed by atoms with Crippen LogP contribution in [0.1, 0.15) is 65.4 Å². The first-order chi connectivity index (χ1) is 12.5. The first-order valence-corrected chi connectivity index (χ1v) is 11.2. The number of carbonyl (C=O) groups is 1. The number of piperidine rings is 1. The van der Waals surface area contributed by atoms with Crippen molar-refractivity contribution >= 4 is 16.1 Å². The van der Waals surface area contributed by atoms with E-state index in [1.54, 1.807) is 17.0 Å². The van der Waals surface area contributed by atoms with Gasteiger partial charge in [0.1, 0.15) is 0 Å². The molecule has 1 heterocycles. The summed E-state index contributed by atoms with van der Waals surface area (Å²) in [5.74, 6) is 0.415. The molecule has 0 spiro atoms. The van der Waals surface area contributed by atoms with Gasteiger partial charge in [0, 0.05) is 24.7 Å². The molecule has 152 valence electrons. The molecule has 2 rings (SSSR count). The van der Waals surface area contributed by atoms with Crippen LogP contribution in [0, 0.1) is 0 Å². The van der Waals surface area contributed by atoms with Crippen molar-refractivity contribution < 1.29 is 13.2 Å².